The third-order valence-electron chi connectivity index (χ3n) is 5.56. The second-order valence-electron chi connectivity index (χ2n) is 7.54. The second-order valence-corrected chi connectivity index (χ2v) is 7.54. The number of aromatic nitrogens is 1. The predicted molar refractivity (Wildman–Crippen MR) is 106 cm³/mol. The van der Waals surface area contributed by atoms with E-state index in [2.05, 4.69) is 10.2 Å². The number of methoxy groups -OCH3 is 2. The van der Waals surface area contributed by atoms with E-state index < -0.39 is 0 Å². The van der Waals surface area contributed by atoms with Crippen molar-refractivity contribution in [2.45, 2.75) is 18.9 Å². The van der Waals surface area contributed by atoms with Gasteiger partial charge in [0.1, 0.15) is 11.5 Å². The van der Waals surface area contributed by atoms with Crippen LogP contribution in [0.2, 0.25) is 0 Å². The predicted octanol–water partition coefficient (Wildman–Crippen LogP) is 1.92. The molecular formula is C21H25N3O4. The standard InChI is InChI=1S/C21H25N3O4/c1-27-17-7-16(8-18(9-17)28-2)22-20(25)13-23-10-14-6-15(12-23)19-4-3-5-21(26)24(19)11-14/h3-5,7-9,14-15H,6,10-13H2,1-2H3,(H,22,25)/t14-,15+/m0/s1. The number of benzene rings is 1. The molecule has 1 N–H and O–H groups in total. The minimum absolute atomic E-state index is 0.0688. The quantitative estimate of drug-likeness (QED) is 0.854. The van der Waals surface area contributed by atoms with Gasteiger partial charge in [0.15, 0.2) is 0 Å². The molecule has 0 radical (unpaired) electrons. The van der Waals surface area contributed by atoms with Gasteiger partial charge in [-0.3, -0.25) is 14.5 Å². The van der Waals surface area contributed by atoms with Crippen LogP contribution in [0.1, 0.15) is 18.0 Å². The molecule has 7 nitrogen and oxygen atoms in total. The lowest BCUT2D eigenvalue weighted by molar-refractivity contribution is -0.117. The van der Waals surface area contributed by atoms with Crippen LogP contribution in [-0.2, 0) is 11.3 Å². The molecule has 2 aliphatic rings. The fourth-order valence-electron chi connectivity index (χ4n) is 4.41. The molecule has 7 heteroatoms. The maximum atomic E-state index is 12.6. The Morgan fingerprint density at radius 1 is 1.11 bits per heavy atom. The number of carbonyl (C=O) groups excluding carboxylic acids is 1. The SMILES string of the molecule is COc1cc(NC(=O)CN2C[C@@H]3C[C@H](C2)c2cccc(=O)n2C3)cc(OC)c1. The minimum Gasteiger partial charge on any atom is -0.497 e. The lowest BCUT2D eigenvalue weighted by Crippen LogP contribution is -2.49. The maximum Gasteiger partial charge on any atom is 0.250 e. The molecule has 1 aromatic heterocycles. The van der Waals surface area contributed by atoms with Crippen molar-refractivity contribution in [2.75, 3.05) is 39.2 Å². The van der Waals surface area contributed by atoms with Crippen LogP contribution >= 0.6 is 0 Å². The van der Waals surface area contributed by atoms with E-state index in [0.29, 0.717) is 35.6 Å². The molecule has 1 fully saturated rings. The fourth-order valence-corrected chi connectivity index (χ4v) is 4.41. The van der Waals surface area contributed by atoms with Crippen LogP contribution in [0.25, 0.3) is 0 Å². The molecule has 3 heterocycles. The number of ether oxygens (including phenoxy) is 2. The zero-order valence-corrected chi connectivity index (χ0v) is 16.2. The number of anilines is 1. The normalized spacial score (nSPS) is 20.9. The molecule has 0 saturated carbocycles. The highest BCUT2D eigenvalue weighted by Crippen LogP contribution is 2.34. The summed E-state index contributed by atoms with van der Waals surface area (Å²) in [4.78, 5) is 26.9. The number of piperidine rings is 1. The molecule has 0 aliphatic carbocycles. The Bertz CT molecular complexity index is 917. The molecule has 1 saturated heterocycles. The van der Waals surface area contributed by atoms with Gasteiger partial charge >= 0.3 is 0 Å². The number of fused-ring (bicyclic) bond motifs is 4. The highest BCUT2D eigenvalue weighted by molar-refractivity contribution is 5.92. The first-order chi connectivity index (χ1) is 13.6. The van der Waals surface area contributed by atoms with Crippen LogP contribution in [0, 0.1) is 5.92 Å². The molecule has 148 valence electrons. The first-order valence-corrected chi connectivity index (χ1v) is 9.50. The summed E-state index contributed by atoms with van der Waals surface area (Å²) in [5.41, 5.74) is 1.81. The largest absolute Gasteiger partial charge is 0.497 e. The van der Waals surface area contributed by atoms with Gasteiger partial charge in [0.2, 0.25) is 5.91 Å². The van der Waals surface area contributed by atoms with Crippen LogP contribution in [0.4, 0.5) is 5.69 Å². The molecule has 2 atom stereocenters. The third kappa shape index (κ3) is 3.75. The Balaban J connectivity index is 1.43. The van der Waals surface area contributed by atoms with Crippen LogP contribution in [-0.4, -0.2) is 49.2 Å². The Morgan fingerprint density at radius 2 is 1.86 bits per heavy atom. The monoisotopic (exact) mass is 383 g/mol. The molecule has 2 aromatic rings. The van der Waals surface area contributed by atoms with Gasteiger partial charge in [-0.05, 0) is 18.4 Å². The molecule has 1 aromatic carbocycles. The van der Waals surface area contributed by atoms with Crippen molar-refractivity contribution in [1.29, 1.82) is 0 Å². The lowest BCUT2D eigenvalue weighted by atomic mass is 9.83. The van der Waals surface area contributed by atoms with Crippen molar-refractivity contribution in [3.8, 4) is 11.5 Å². The fraction of sp³-hybridized carbons (Fsp3) is 0.429. The first-order valence-electron chi connectivity index (χ1n) is 9.50. The van der Waals surface area contributed by atoms with Crippen LogP contribution in [0.5, 0.6) is 11.5 Å². The average Bonchev–Trinajstić information content (AvgIpc) is 2.68. The Morgan fingerprint density at radius 3 is 2.57 bits per heavy atom. The number of likely N-dealkylation sites (tertiary alicyclic amines) is 1. The van der Waals surface area contributed by atoms with Crippen molar-refractivity contribution < 1.29 is 14.3 Å². The van der Waals surface area contributed by atoms with E-state index in [1.54, 1.807) is 38.5 Å². The third-order valence-corrected chi connectivity index (χ3v) is 5.56. The van der Waals surface area contributed by atoms with E-state index in [0.717, 1.165) is 31.7 Å². The molecule has 4 rings (SSSR count). The van der Waals surface area contributed by atoms with E-state index in [1.807, 2.05) is 16.7 Å². The van der Waals surface area contributed by atoms with E-state index >= 15 is 0 Å². The number of pyridine rings is 1. The van der Waals surface area contributed by atoms with Crippen molar-refractivity contribution in [3.63, 3.8) is 0 Å². The van der Waals surface area contributed by atoms with E-state index in [4.69, 9.17) is 9.47 Å². The van der Waals surface area contributed by atoms with Crippen molar-refractivity contribution in [1.82, 2.24) is 9.47 Å². The highest BCUT2D eigenvalue weighted by atomic mass is 16.5. The smallest absolute Gasteiger partial charge is 0.250 e. The van der Waals surface area contributed by atoms with E-state index in [-0.39, 0.29) is 11.5 Å². The average molecular weight is 383 g/mol. The van der Waals surface area contributed by atoms with Crippen molar-refractivity contribution in [3.05, 3.63) is 52.4 Å². The molecule has 2 bridgehead atoms. The van der Waals surface area contributed by atoms with Gasteiger partial charge in [-0.2, -0.15) is 0 Å². The minimum atomic E-state index is -0.0688. The maximum absolute atomic E-state index is 12.6. The number of carbonyl (C=O) groups is 1. The number of hydrogen-bond acceptors (Lipinski definition) is 5. The number of nitrogens with one attached hydrogen (secondary N) is 1. The summed E-state index contributed by atoms with van der Waals surface area (Å²) in [6.45, 7) is 2.67. The van der Waals surface area contributed by atoms with Gasteiger partial charge in [-0.1, -0.05) is 6.07 Å². The molecule has 28 heavy (non-hydrogen) atoms. The number of amides is 1. The summed E-state index contributed by atoms with van der Waals surface area (Å²) in [5.74, 6) is 1.89. The van der Waals surface area contributed by atoms with E-state index in [1.165, 1.54) is 0 Å². The Labute approximate surface area is 163 Å². The summed E-state index contributed by atoms with van der Waals surface area (Å²) in [6.07, 6.45) is 1.08. The lowest BCUT2D eigenvalue weighted by Gasteiger charge is -2.42. The van der Waals surface area contributed by atoms with Gasteiger partial charge in [0.25, 0.3) is 5.56 Å². The molecule has 0 spiro atoms. The zero-order chi connectivity index (χ0) is 19.7. The summed E-state index contributed by atoms with van der Waals surface area (Å²) >= 11 is 0. The summed E-state index contributed by atoms with van der Waals surface area (Å²) in [7, 11) is 3.16. The van der Waals surface area contributed by atoms with Crippen LogP contribution in [0.3, 0.4) is 0 Å². The molecule has 2 aliphatic heterocycles. The summed E-state index contributed by atoms with van der Waals surface area (Å²) in [5, 5.41) is 2.94. The van der Waals surface area contributed by atoms with Gasteiger partial charge in [0.05, 0.1) is 20.8 Å². The van der Waals surface area contributed by atoms with Gasteiger partial charge in [-0.25, -0.2) is 0 Å². The zero-order valence-electron chi connectivity index (χ0n) is 16.2. The number of nitrogens with zero attached hydrogens (tertiary/aromatic N) is 2. The van der Waals surface area contributed by atoms with Crippen LogP contribution in [0.15, 0.2) is 41.2 Å². The highest BCUT2D eigenvalue weighted by Gasteiger charge is 2.34. The van der Waals surface area contributed by atoms with Gasteiger partial charge < -0.3 is 19.4 Å². The van der Waals surface area contributed by atoms with Gasteiger partial charge in [-0.15, -0.1) is 0 Å². The molecule has 1 amide bonds. The van der Waals surface area contributed by atoms with E-state index in [9.17, 15) is 9.59 Å². The second kappa shape index (κ2) is 7.67. The first kappa shape index (κ1) is 18.6. The summed E-state index contributed by atoms with van der Waals surface area (Å²) < 4.78 is 12.4. The number of rotatable bonds is 5. The number of hydrogen-bond donors (Lipinski definition) is 1. The Kier molecular flexibility index (Phi) is 5.09. The molecular weight excluding hydrogens is 358 g/mol. The van der Waals surface area contributed by atoms with Crippen molar-refractivity contribution >= 4 is 11.6 Å². The van der Waals surface area contributed by atoms with Crippen molar-refractivity contribution in [2.24, 2.45) is 5.92 Å². The topological polar surface area (TPSA) is 72.8 Å². The van der Waals surface area contributed by atoms with Gasteiger partial charge in [0, 0.05) is 61.2 Å². The van der Waals surface area contributed by atoms with Crippen LogP contribution < -0.4 is 20.3 Å². The Hall–Kier alpha value is -2.80. The molecule has 0 unspecified atom stereocenters. The summed E-state index contributed by atoms with van der Waals surface area (Å²) in [6, 6.07) is 10.8.